The zero-order valence-electron chi connectivity index (χ0n) is 10.7. The van der Waals surface area contributed by atoms with E-state index in [1.807, 2.05) is 25.2 Å². The molecule has 0 atom stereocenters. The van der Waals surface area contributed by atoms with E-state index in [1.165, 1.54) is 0 Å². The average molecular weight is 314 g/mol. The van der Waals surface area contributed by atoms with E-state index in [9.17, 15) is 5.11 Å². The number of halogens is 1. The molecule has 1 aliphatic rings. The summed E-state index contributed by atoms with van der Waals surface area (Å²) in [6.45, 7) is 0.705. The van der Waals surface area contributed by atoms with Gasteiger partial charge in [0.2, 0.25) is 0 Å². The molecule has 0 aliphatic heterocycles. The highest BCUT2D eigenvalue weighted by Gasteiger charge is 2.32. The zero-order valence-corrected chi connectivity index (χ0v) is 12.3. The highest BCUT2D eigenvalue weighted by atomic mass is 79.9. The van der Waals surface area contributed by atoms with Crippen LogP contribution in [0.1, 0.15) is 31.2 Å². The molecule has 0 amide bonds. The first-order chi connectivity index (χ1) is 8.54. The Labute approximate surface area is 117 Å². The molecular formula is C14H20BrNO2. The van der Waals surface area contributed by atoms with E-state index >= 15 is 0 Å². The smallest absolute Gasteiger partial charge is 0.0821 e. The number of anilines is 1. The first kappa shape index (κ1) is 13.8. The van der Waals surface area contributed by atoms with Crippen molar-refractivity contribution in [3.05, 3.63) is 28.2 Å². The van der Waals surface area contributed by atoms with Gasteiger partial charge in [-0.2, -0.15) is 0 Å². The summed E-state index contributed by atoms with van der Waals surface area (Å²) in [6, 6.07) is 5.81. The van der Waals surface area contributed by atoms with E-state index in [2.05, 4.69) is 20.8 Å². The van der Waals surface area contributed by atoms with E-state index in [4.69, 9.17) is 5.11 Å². The van der Waals surface area contributed by atoms with Crippen molar-refractivity contribution in [2.75, 3.05) is 18.5 Å². The molecule has 0 spiro atoms. The quantitative estimate of drug-likeness (QED) is 0.898. The Bertz CT molecular complexity index is 416. The Balaban J connectivity index is 2.11. The summed E-state index contributed by atoms with van der Waals surface area (Å²) in [5.74, 6) is 0. The van der Waals surface area contributed by atoms with Crippen molar-refractivity contribution >= 4 is 21.6 Å². The van der Waals surface area contributed by atoms with E-state index in [0.717, 1.165) is 41.4 Å². The minimum atomic E-state index is -0.538. The fourth-order valence-corrected chi connectivity index (χ4v) is 3.41. The van der Waals surface area contributed by atoms with Gasteiger partial charge in [0, 0.05) is 18.1 Å². The van der Waals surface area contributed by atoms with Gasteiger partial charge in [-0.05, 0) is 46.5 Å². The maximum atomic E-state index is 10.4. The highest BCUT2D eigenvalue weighted by molar-refractivity contribution is 9.10. The first-order valence-electron chi connectivity index (χ1n) is 6.37. The molecule has 100 valence electrons. The van der Waals surface area contributed by atoms with Gasteiger partial charge in [-0.3, -0.25) is 0 Å². The van der Waals surface area contributed by atoms with Crippen LogP contribution >= 0.6 is 15.9 Å². The lowest BCUT2D eigenvalue weighted by Gasteiger charge is -2.30. The molecule has 1 aliphatic carbocycles. The van der Waals surface area contributed by atoms with E-state index < -0.39 is 5.60 Å². The molecule has 1 saturated carbocycles. The number of hydrogen-bond acceptors (Lipinski definition) is 3. The molecular weight excluding hydrogens is 294 g/mol. The predicted octanol–water partition coefficient (Wildman–Crippen LogP) is 2.68. The van der Waals surface area contributed by atoms with Crippen LogP contribution in [0.5, 0.6) is 0 Å². The number of rotatable bonds is 4. The molecule has 4 heteroatoms. The Morgan fingerprint density at radius 3 is 2.56 bits per heavy atom. The van der Waals surface area contributed by atoms with Crippen molar-refractivity contribution in [2.24, 2.45) is 0 Å². The molecule has 1 aromatic rings. The topological polar surface area (TPSA) is 43.7 Å². The molecule has 3 nitrogen and oxygen atoms in total. The number of hydrogen-bond donors (Lipinski definition) is 2. The summed E-state index contributed by atoms with van der Waals surface area (Å²) in [4.78, 5) is 2.08. The Hall–Kier alpha value is -0.580. The normalized spacial score (nSPS) is 18.0. The third kappa shape index (κ3) is 3.05. The minimum Gasteiger partial charge on any atom is -0.392 e. The fourth-order valence-electron chi connectivity index (χ4n) is 2.68. The standard InChI is InChI=1S/C14H20BrNO2/c1-16(10-14(18)6-2-3-7-14)13-5-4-11(9-17)8-12(13)15/h4-5,8,17-18H,2-3,6-7,9-10H2,1H3. The summed E-state index contributed by atoms with van der Waals surface area (Å²) in [5.41, 5.74) is 1.40. The maximum Gasteiger partial charge on any atom is 0.0821 e. The van der Waals surface area contributed by atoms with Gasteiger partial charge in [0.25, 0.3) is 0 Å². The molecule has 0 unspecified atom stereocenters. The Kier molecular flexibility index (Phi) is 4.30. The van der Waals surface area contributed by atoms with Crippen LogP contribution in [0, 0.1) is 0 Å². The third-order valence-corrected chi connectivity index (χ3v) is 4.31. The van der Waals surface area contributed by atoms with Crippen LogP contribution in [0.4, 0.5) is 5.69 Å². The van der Waals surface area contributed by atoms with Crippen molar-refractivity contribution in [1.82, 2.24) is 0 Å². The molecule has 0 saturated heterocycles. The van der Waals surface area contributed by atoms with Crippen LogP contribution in [0.3, 0.4) is 0 Å². The van der Waals surface area contributed by atoms with Crippen LogP contribution in [0.2, 0.25) is 0 Å². The third-order valence-electron chi connectivity index (χ3n) is 3.67. The molecule has 18 heavy (non-hydrogen) atoms. The number of likely N-dealkylation sites (N-methyl/N-ethyl adjacent to an activating group) is 1. The van der Waals surface area contributed by atoms with Crippen LogP contribution in [-0.4, -0.2) is 29.4 Å². The summed E-state index contributed by atoms with van der Waals surface area (Å²) in [5, 5.41) is 19.5. The van der Waals surface area contributed by atoms with Gasteiger partial charge in [-0.15, -0.1) is 0 Å². The van der Waals surface area contributed by atoms with Gasteiger partial charge >= 0.3 is 0 Å². The lowest BCUT2D eigenvalue weighted by Crippen LogP contribution is -2.39. The second-order valence-corrected chi connectivity index (χ2v) is 6.09. The lowest BCUT2D eigenvalue weighted by molar-refractivity contribution is 0.0559. The Morgan fingerprint density at radius 2 is 2.00 bits per heavy atom. The van der Waals surface area contributed by atoms with Gasteiger partial charge in [0.15, 0.2) is 0 Å². The van der Waals surface area contributed by atoms with E-state index in [-0.39, 0.29) is 6.61 Å². The van der Waals surface area contributed by atoms with Gasteiger partial charge in [-0.1, -0.05) is 18.9 Å². The van der Waals surface area contributed by atoms with Crippen LogP contribution in [-0.2, 0) is 6.61 Å². The van der Waals surface area contributed by atoms with E-state index in [0.29, 0.717) is 6.54 Å². The second kappa shape index (κ2) is 5.59. The SMILES string of the molecule is CN(CC1(O)CCCC1)c1ccc(CO)cc1Br. The highest BCUT2D eigenvalue weighted by Crippen LogP contribution is 2.33. The maximum absolute atomic E-state index is 10.4. The molecule has 0 heterocycles. The number of benzene rings is 1. The molecule has 0 radical (unpaired) electrons. The summed E-state index contributed by atoms with van der Waals surface area (Å²) < 4.78 is 0.957. The molecule has 1 fully saturated rings. The van der Waals surface area contributed by atoms with Crippen molar-refractivity contribution in [1.29, 1.82) is 0 Å². The molecule has 2 rings (SSSR count). The molecule has 2 N–H and O–H groups in total. The van der Waals surface area contributed by atoms with Gasteiger partial charge in [0.1, 0.15) is 0 Å². The number of aliphatic hydroxyl groups is 2. The van der Waals surface area contributed by atoms with Crippen molar-refractivity contribution < 1.29 is 10.2 Å². The minimum absolute atomic E-state index is 0.0481. The lowest BCUT2D eigenvalue weighted by atomic mass is 10.0. The van der Waals surface area contributed by atoms with Crippen molar-refractivity contribution in [3.63, 3.8) is 0 Å². The van der Waals surface area contributed by atoms with Gasteiger partial charge in [0.05, 0.1) is 17.9 Å². The first-order valence-corrected chi connectivity index (χ1v) is 7.16. The molecule has 1 aromatic carbocycles. The monoisotopic (exact) mass is 313 g/mol. The molecule has 0 aromatic heterocycles. The van der Waals surface area contributed by atoms with Crippen LogP contribution in [0.25, 0.3) is 0 Å². The fraction of sp³-hybridized carbons (Fsp3) is 0.571. The molecule has 0 bridgehead atoms. The second-order valence-electron chi connectivity index (χ2n) is 5.23. The van der Waals surface area contributed by atoms with Crippen LogP contribution in [0.15, 0.2) is 22.7 Å². The zero-order chi connectivity index (χ0) is 13.2. The van der Waals surface area contributed by atoms with Crippen molar-refractivity contribution in [3.8, 4) is 0 Å². The van der Waals surface area contributed by atoms with Crippen molar-refractivity contribution in [2.45, 2.75) is 37.9 Å². The van der Waals surface area contributed by atoms with E-state index in [1.54, 1.807) is 0 Å². The largest absolute Gasteiger partial charge is 0.392 e. The summed E-state index contributed by atoms with van der Waals surface area (Å²) in [6.07, 6.45) is 4.03. The number of aliphatic hydroxyl groups excluding tert-OH is 1. The Morgan fingerprint density at radius 1 is 1.33 bits per heavy atom. The summed E-state index contributed by atoms with van der Waals surface area (Å²) in [7, 11) is 2.00. The average Bonchev–Trinajstić information content (AvgIpc) is 2.75. The van der Waals surface area contributed by atoms with Crippen LogP contribution < -0.4 is 4.90 Å². The van der Waals surface area contributed by atoms with Gasteiger partial charge in [-0.25, -0.2) is 0 Å². The van der Waals surface area contributed by atoms with Gasteiger partial charge < -0.3 is 15.1 Å². The summed E-state index contributed by atoms with van der Waals surface area (Å²) >= 11 is 3.52. The number of nitrogens with zero attached hydrogens (tertiary/aromatic N) is 1. The predicted molar refractivity (Wildman–Crippen MR) is 76.8 cm³/mol.